The fourth-order valence-electron chi connectivity index (χ4n) is 14.6. The van der Waals surface area contributed by atoms with Crippen molar-refractivity contribution in [3.63, 3.8) is 0 Å². The molecule has 10 N–H and O–H groups in total. The average molecular weight is 1980 g/mol. The monoisotopic (exact) mass is 1970 g/mol. The van der Waals surface area contributed by atoms with Crippen LogP contribution in [0.4, 0.5) is 11.4 Å². The highest BCUT2D eigenvalue weighted by Gasteiger charge is 2.30. The van der Waals surface area contributed by atoms with Crippen molar-refractivity contribution in [1.82, 2.24) is 70.5 Å². The van der Waals surface area contributed by atoms with E-state index >= 15 is 0 Å². The smallest absolute Gasteiger partial charge is 0.339 e. The number of anilines is 2. The van der Waals surface area contributed by atoms with E-state index in [9.17, 15) is 44.2 Å². The van der Waals surface area contributed by atoms with Crippen molar-refractivity contribution in [3.8, 4) is 57.5 Å². The second kappa shape index (κ2) is 46.8. The molecule has 5 aliphatic heterocycles. The van der Waals surface area contributed by atoms with Gasteiger partial charge in [-0.2, -0.15) is 35.7 Å². The zero-order chi connectivity index (χ0) is 97.1. The van der Waals surface area contributed by atoms with E-state index in [4.69, 9.17) is 86.5 Å². The normalized spacial score (nSPS) is 12.5. The molecule has 14 aromatic rings. The third kappa shape index (κ3) is 24.7. The number of ether oxygens (including phenoxy) is 10. The van der Waals surface area contributed by atoms with Crippen LogP contribution in [0.25, 0.3) is 76.3 Å². The first-order valence-corrected chi connectivity index (χ1v) is 47.0. The number of halogens is 5. The highest BCUT2D eigenvalue weighted by molar-refractivity contribution is 8.24. The number of carbonyl (C=O) groups excluding carboxylic acids is 2. The molecule has 714 valence electrons. The van der Waals surface area contributed by atoms with Gasteiger partial charge in [-0.3, -0.25) is 28.8 Å². The number of aliphatic hydroxyl groups is 6. The van der Waals surface area contributed by atoms with Crippen LogP contribution in [0.3, 0.4) is 0 Å². The number of nitrogens with one attached hydrogen (secondary N) is 2. The molecule has 0 fully saturated rings. The maximum atomic E-state index is 13.9. The Kier molecular flexibility index (Phi) is 35.3. The minimum absolute atomic E-state index is 0.128. The standard InChI is InChI=1S/C23H26N4O5.C22H22N4O5.C13H16N4O2.C10H11ClO3.C9H5ClN2O2.C9H6N2O3.C4H12N2.Cl3OP/c1-4-5-26(3)27(23(30)17-7-16(12-29)15(11-28)6-14(17)2)20-10-24-25-19-9-22-21(8-18(19)20)31-13-32-22;1-3-4-25(2)26-21-16-7-18-19(31-11-30-18)8-17(16)23-24-20(21)14-5-12(9-27)13(10-28)6-15(14)22(26)29;1-17(2)4-3-14-11-7-15-16-10-6-13-12(5-9(10)11)18-8-19-13;1-6-2-7(4-12)8(5-13)3-9(6)10(11)14;10-6-3-11-12-7-2-9-8(1-5(6)7)13-4-14-9;12-7-3-10-11-6-2-9-8(1-5(6)7)13-4-14-9;1-6(2)4-3-5;1-5(2,3)4/h6-10,28-29H,4-5,11-13H2,1-3H3;5-8,27-28H,3-4,9-11H2,1-2H3;5-7H,3-4,8H2,1-2H3,(H,14,16);2-3,12-13H,4-5H2,1H3;1-3H,4H2;1-3H,4H2,(H,11,12);3-5H2,1-2H3;. The number of hydrazine groups is 1. The van der Waals surface area contributed by atoms with Gasteiger partial charge in [0.15, 0.2) is 57.5 Å². The lowest BCUT2D eigenvalue weighted by Crippen LogP contribution is -2.45. The molecule has 19 rings (SSSR count). The van der Waals surface area contributed by atoms with Crippen LogP contribution in [0.1, 0.15) is 91.9 Å². The van der Waals surface area contributed by atoms with E-state index in [-0.39, 0.29) is 90.5 Å². The molecule has 0 unspecified atom stereocenters. The van der Waals surface area contributed by atoms with Gasteiger partial charge in [-0.15, -0.1) is 10.2 Å². The molecule has 0 bridgehead atoms. The van der Waals surface area contributed by atoms with E-state index in [0.29, 0.717) is 185 Å². The third-order valence-corrected chi connectivity index (χ3v) is 21.6. The van der Waals surface area contributed by atoms with Crippen LogP contribution in [-0.2, 0) is 44.2 Å². The number of pyridine rings is 1. The Hall–Kier alpha value is -12.3. The molecule has 45 heteroatoms. The van der Waals surface area contributed by atoms with Crippen molar-refractivity contribution in [1.29, 1.82) is 0 Å². The van der Waals surface area contributed by atoms with E-state index in [2.05, 4.69) is 99.8 Å². The Morgan fingerprint density at radius 2 is 0.881 bits per heavy atom. The van der Waals surface area contributed by atoms with E-state index in [0.717, 1.165) is 72.5 Å². The number of hydrogen-bond donors (Lipinski definition) is 9. The maximum absolute atomic E-state index is 13.9. The summed E-state index contributed by atoms with van der Waals surface area (Å²) in [6.07, 6.45) is 7.71. The lowest BCUT2D eigenvalue weighted by Gasteiger charge is -2.33. The molecule has 135 heavy (non-hydrogen) atoms. The van der Waals surface area contributed by atoms with Crippen LogP contribution in [-0.4, -0.2) is 228 Å². The molecular weight excluding hydrogens is 1880 g/mol. The molecular formula is C90H98Cl5N18O21P. The van der Waals surface area contributed by atoms with Gasteiger partial charge in [0.25, 0.3) is 16.7 Å². The van der Waals surface area contributed by atoms with Crippen LogP contribution < -0.4 is 79.4 Å². The molecule has 5 aliphatic rings. The van der Waals surface area contributed by atoms with Crippen LogP contribution in [0.15, 0.2) is 131 Å². The first-order valence-electron chi connectivity index (χ1n) is 41.8. The lowest BCUT2D eigenvalue weighted by molar-refractivity contribution is 0.0913. The largest absolute Gasteiger partial charge is 0.454 e. The van der Waals surface area contributed by atoms with Crippen molar-refractivity contribution >= 4 is 161 Å². The van der Waals surface area contributed by atoms with Crippen molar-refractivity contribution in [2.45, 2.75) is 80.2 Å². The van der Waals surface area contributed by atoms with Gasteiger partial charge >= 0.3 is 5.20 Å². The molecule has 0 saturated heterocycles. The Bertz CT molecular complexity index is 6840. The van der Waals surface area contributed by atoms with Crippen LogP contribution in [0, 0.1) is 13.8 Å². The first kappa shape index (κ1) is 102. The fraction of sp³-hybridized carbons (Fsp3) is 0.322. The molecule has 0 saturated carbocycles. The van der Waals surface area contributed by atoms with Crippen LogP contribution in [0.2, 0.25) is 5.02 Å². The van der Waals surface area contributed by atoms with Gasteiger partial charge in [0.2, 0.25) is 39.4 Å². The van der Waals surface area contributed by atoms with Crippen LogP contribution in [0.5, 0.6) is 57.5 Å². The van der Waals surface area contributed by atoms with Gasteiger partial charge in [0.05, 0.1) is 119 Å². The number of carbonyl (C=O) groups is 2. The molecule has 11 heterocycles. The average Bonchev–Trinajstić information content (AvgIpc) is 1.50. The first-order chi connectivity index (χ1) is 64.8. The summed E-state index contributed by atoms with van der Waals surface area (Å²) in [5, 5.41) is 106. The predicted molar refractivity (Wildman–Crippen MR) is 512 cm³/mol. The summed E-state index contributed by atoms with van der Waals surface area (Å²) in [5.41, 5.74) is 16.3. The zero-order valence-electron chi connectivity index (χ0n) is 74.9. The highest BCUT2D eigenvalue weighted by atomic mass is 36.0. The van der Waals surface area contributed by atoms with Gasteiger partial charge in [0.1, 0.15) is 11.0 Å². The number of amides is 1. The number of H-pyrrole nitrogens is 1. The summed E-state index contributed by atoms with van der Waals surface area (Å²) < 4.78 is 64.6. The zero-order valence-corrected chi connectivity index (χ0v) is 79.6. The summed E-state index contributed by atoms with van der Waals surface area (Å²) in [7, 11) is 11.8. The van der Waals surface area contributed by atoms with Gasteiger partial charge in [-0.25, -0.2) is 14.7 Å². The Morgan fingerprint density at radius 1 is 0.474 bits per heavy atom. The fourth-order valence-corrected chi connectivity index (χ4v) is 15.0. The number of aromatic amines is 1. The summed E-state index contributed by atoms with van der Waals surface area (Å²) in [5.74, 6) is 6.21. The molecule has 1 amide bonds. The molecule has 39 nitrogen and oxygen atoms in total. The van der Waals surface area contributed by atoms with Gasteiger partial charge < -0.3 is 104 Å². The second-order valence-electron chi connectivity index (χ2n) is 30.9. The minimum Gasteiger partial charge on any atom is -0.454 e. The summed E-state index contributed by atoms with van der Waals surface area (Å²) in [6, 6.07) is 27.8. The number of aromatic nitrogens is 11. The van der Waals surface area contributed by atoms with E-state index < -0.39 is 10.4 Å². The van der Waals surface area contributed by atoms with Gasteiger partial charge in [-0.05, 0) is 199 Å². The Balaban J connectivity index is 0.000000147. The lowest BCUT2D eigenvalue weighted by atomic mass is 9.99. The number of aliphatic hydroxyl groups excluding tert-OH is 6. The molecule has 0 spiro atoms. The number of fused-ring (bicyclic) bond motifs is 14. The third-order valence-electron chi connectivity index (χ3n) is 21.1. The number of likely N-dealkylation sites (N-methyl/N-ethyl adjacent to an activating group) is 2. The number of hydrogen-bond acceptors (Lipinski definition) is 36. The number of aryl methyl sites for hydroxylation is 2. The molecule has 0 atom stereocenters. The number of nitrogens with two attached hydrogens (primary N) is 1. The quantitative estimate of drug-likeness (QED) is 0.0140. The van der Waals surface area contributed by atoms with Crippen LogP contribution >= 0.6 is 62.1 Å². The highest BCUT2D eigenvalue weighted by Crippen LogP contribution is 2.61. The molecule has 8 aromatic carbocycles. The number of rotatable bonds is 21. The maximum Gasteiger partial charge on any atom is 0.339 e. The SMILES string of the molecule is CCCN(C)N(C(=O)c1cc(CO)c(CO)cc1C)c1cnnc2cc3c(cc12)OCO3.CCCN(C)n1c(=O)c2cc(CO)c(CO)cc2c2nnc3cc4c(cc3c21)OCO4.CN(C)CCN.CN(C)CCNc1cnnc2cc3c(cc12)OCO3.Cc1cc(CO)c(CO)cc1C(=O)Cl.Clc1cnnc2cc3c(cc12)OCO3.O=P(Cl)(Cl)Cl.O=c1cn[nH]c2cc3c(cc12)OCO3. The van der Waals surface area contributed by atoms with E-state index in [1.807, 2.05) is 103 Å². The minimum atomic E-state index is -3.22. The van der Waals surface area contributed by atoms with Crippen molar-refractivity contribution < 1.29 is 92.2 Å². The van der Waals surface area contributed by atoms with Crippen molar-refractivity contribution in [3.05, 3.63) is 203 Å². The van der Waals surface area contributed by atoms with E-state index in [1.165, 1.54) is 18.5 Å². The van der Waals surface area contributed by atoms with Crippen molar-refractivity contribution in [2.24, 2.45) is 5.73 Å². The topological polar surface area (TPSA) is 490 Å². The summed E-state index contributed by atoms with van der Waals surface area (Å²) in [4.78, 5) is 54.1. The Labute approximate surface area is 796 Å². The summed E-state index contributed by atoms with van der Waals surface area (Å²) >= 11 is 25.2. The summed E-state index contributed by atoms with van der Waals surface area (Å²) in [6.45, 7) is 12.0. The Morgan fingerprint density at radius 3 is 1.36 bits per heavy atom. The number of benzene rings is 8. The molecule has 0 aliphatic carbocycles. The van der Waals surface area contributed by atoms with Gasteiger partial charge in [0, 0.05) is 122 Å². The van der Waals surface area contributed by atoms with E-state index in [1.54, 1.807) is 89.7 Å². The second-order valence-corrected chi connectivity index (χ2v) is 38.3. The predicted octanol–water partition coefficient (Wildman–Crippen LogP) is 12.0. The van der Waals surface area contributed by atoms with Crippen molar-refractivity contribution in [2.75, 3.05) is 131 Å². The molecule has 0 radical (unpaired) electrons. The van der Waals surface area contributed by atoms with Gasteiger partial charge in [-0.1, -0.05) is 37.6 Å². The number of nitrogens with zero attached hydrogens (tertiary/aromatic N) is 15. The molecule has 6 aromatic heterocycles.